The van der Waals surface area contributed by atoms with Crippen LogP contribution in [-0.2, 0) is 6.42 Å². The summed E-state index contributed by atoms with van der Waals surface area (Å²) < 4.78 is 2.29. The number of allylic oxidation sites excluding steroid dienone is 1. The van der Waals surface area contributed by atoms with Crippen molar-refractivity contribution in [2.75, 3.05) is 0 Å². The van der Waals surface area contributed by atoms with Crippen molar-refractivity contribution in [2.45, 2.75) is 12.8 Å². The lowest BCUT2D eigenvalue weighted by atomic mass is 9.91. The number of nitrogens with one attached hydrogen (secondary N) is 1. The number of rotatable bonds is 3. The van der Waals surface area contributed by atoms with Gasteiger partial charge in [-0.05, 0) is 59.0 Å². The lowest BCUT2D eigenvalue weighted by molar-refractivity contribution is 0.974. The molecule has 9 aromatic rings. The highest BCUT2D eigenvalue weighted by Crippen LogP contribution is 2.40. The lowest BCUT2D eigenvalue weighted by Crippen LogP contribution is -2.06. The third-order valence-electron chi connectivity index (χ3n) is 9.63. The van der Waals surface area contributed by atoms with E-state index in [1.165, 1.54) is 49.0 Å². The molecule has 0 bridgehead atoms. The molecule has 0 saturated carbocycles. The molecule has 1 aliphatic carbocycles. The van der Waals surface area contributed by atoms with E-state index in [1.807, 2.05) is 0 Å². The van der Waals surface area contributed by atoms with E-state index in [9.17, 15) is 0 Å². The van der Waals surface area contributed by atoms with Crippen LogP contribution in [-0.4, -0.2) is 19.5 Å². The summed E-state index contributed by atoms with van der Waals surface area (Å²) in [4.78, 5) is 14.5. The van der Waals surface area contributed by atoms with Crippen molar-refractivity contribution in [3.63, 3.8) is 0 Å². The minimum absolute atomic E-state index is 0.674. The summed E-state index contributed by atoms with van der Waals surface area (Å²) in [6.45, 7) is 0. The fraction of sp³-hybridized carbons (Fsp3) is 0.0476. The molecule has 3 heterocycles. The van der Waals surface area contributed by atoms with E-state index >= 15 is 0 Å². The third-order valence-corrected chi connectivity index (χ3v) is 9.63. The molecule has 46 heavy (non-hydrogen) atoms. The maximum Gasteiger partial charge on any atom is 0.235 e. The molecule has 3 aromatic heterocycles. The minimum Gasteiger partial charge on any atom is -0.354 e. The molecule has 4 nitrogen and oxygen atoms in total. The van der Waals surface area contributed by atoms with Gasteiger partial charge in [0.25, 0.3) is 0 Å². The van der Waals surface area contributed by atoms with Crippen LogP contribution >= 0.6 is 0 Å². The van der Waals surface area contributed by atoms with Crippen molar-refractivity contribution >= 4 is 60.5 Å². The van der Waals surface area contributed by atoms with Crippen LogP contribution in [0, 0.1) is 0 Å². The number of H-pyrrole nitrogens is 1. The topological polar surface area (TPSA) is 46.5 Å². The van der Waals surface area contributed by atoms with Gasteiger partial charge in [0.2, 0.25) is 5.95 Å². The second-order valence-corrected chi connectivity index (χ2v) is 12.2. The van der Waals surface area contributed by atoms with Crippen LogP contribution in [0.3, 0.4) is 0 Å². The molecule has 0 amide bonds. The molecule has 6 aromatic carbocycles. The van der Waals surface area contributed by atoms with Crippen molar-refractivity contribution in [1.29, 1.82) is 0 Å². The van der Waals surface area contributed by atoms with Gasteiger partial charge in [0.05, 0.1) is 22.4 Å². The first-order valence-electron chi connectivity index (χ1n) is 15.9. The Morgan fingerprint density at radius 1 is 0.587 bits per heavy atom. The molecule has 1 N–H and O–H groups in total. The fourth-order valence-corrected chi connectivity index (χ4v) is 7.57. The van der Waals surface area contributed by atoms with Gasteiger partial charge in [-0.2, -0.15) is 0 Å². The Labute approximate surface area is 265 Å². The Kier molecular flexibility index (Phi) is 5.37. The third kappa shape index (κ3) is 3.67. The standard InChI is InChI=1S/C42H28N4/c1-3-15-28-26(11-1)13-9-19-30(28)37-25-38(31-20-10-14-27-12-2-4-16-29(27)31)45-42(44-37)46-39-22-8-6-17-32(39)33-23-24-36-40(41(33)46)34-18-5-7-21-35(34)43-36/h1-3,5-15,17-25,43H,4,16H2. The van der Waals surface area contributed by atoms with E-state index < -0.39 is 0 Å². The monoisotopic (exact) mass is 588 g/mol. The Morgan fingerprint density at radius 2 is 1.33 bits per heavy atom. The second-order valence-electron chi connectivity index (χ2n) is 12.2. The number of aromatic nitrogens is 4. The van der Waals surface area contributed by atoms with E-state index in [1.54, 1.807) is 0 Å². The van der Waals surface area contributed by atoms with Gasteiger partial charge in [-0.25, -0.2) is 9.97 Å². The zero-order valence-electron chi connectivity index (χ0n) is 25.0. The van der Waals surface area contributed by atoms with Crippen molar-refractivity contribution in [3.05, 3.63) is 145 Å². The van der Waals surface area contributed by atoms with Crippen LogP contribution in [0.4, 0.5) is 0 Å². The van der Waals surface area contributed by atoms with Gasteiger partial charge in [0, 0.05) is 43.7 Å². The average molecular weight is 589 g/mol. The summed E-state index contributed by atoms with van der Waals surface area (Å²) in [6, 6.07) is 45.5. The predicted molar refractivity (Wildman–Crippen MR) is 191 cm³/mol. The number of nitrogens with zero attached hydrogens (tertiary/aromatic N) is 3. The zero-order valence-corrected chi connectivity index (χ0v) is 25.0. The molecule has 0 unspecified atom stereocenters. The van der Waals surface area contributed by atoms with Gasteiger partial charge in [-0.3, -0.25) is 4.57 Å². The Balaban J connectivity index is 1.36. The maximum atomic E-state index is 5.45. The summed E-state index contributed by atoms with van der Waals surface area (Å²) in [5, 5.41) is 7.14. The van der Waals surface area contributed by atoms with Crippen LogP contribution < -0.4 is 0 Å². The lowest BCUT2D eigenvalue weighted by Gasteiger charge is -2.17. The van der Waals surface area contributed by atoms with Crippen LogP contribution in [0.5, 0.6) is 0 Å². The molecule has 10 rings (SSSR count). The minimum atomic E-state index is 0.674. The molecular weight excluding hydrogens is 560 g/mol. The maximum absolute atomic E-state index is 5.45. The molecule has 0 fully saturated rings. The van der Waals surface area contributed by atoms with E-state index in [4.69, 9.17) is 9.97 Å². The highest BCUT2D eigenvalue weighted by atomic mass is 15.2. The van der Waals surface area contributed by atoms with E-state index in [-0.39, 0.29) is 0 Å². The summed E-state index contributed by atoms with van der Waals surface area (Å²) in [6.07, 6.45) is 6.54. The van der Waals surface area contributed by atoms with Crippen molar-refractivity contribution < 1.29 is 0 Å². The van der Waals surface area contributed by atoms with Gasteiger partial charge in [0.1, 0.15) is 0 Å². The molecule has 4 heteroatoms. The van der Waals surface area contributed by atoms with Crippen molar-refractivity contribution in [2.24, 2.45) is 0 Å². The Hall–Kier alpha value is -6.00. The summed E-state index contributed by atoms with van der Waals surface area (Å²) in [5.41, 5.74) is 11.2. The van der Waals surface area contributed by atoms with Gasteiger partial charge in [0.15, 0.2) is 0 Å². The Morgan fingerprint density at radius 3 is 2.26 bits per heavy atom. The normalized spacial score (nSPS) is 13.0. The number of para-hydroxylation sites is 2. The molecule has 216 valence electrons. The molecule has 0 aliphatic heterocycles. The molecule has 1 aliphatic rings. The number of aromatic amines is 1. The number of fused-ring (bicyclic) bond motifs is 9. The first-order chi connectivity index (χ1) is 22.8. The SMILES string of the molecule is C1=Cc2cccc(-c3cc(-c4cccc5ccccc45)nc(-n4c5ccccc5c5ccc6[nH]c7ccccc7c6c54)n3)c2CC1. The first kappa shape index (κ1) is 25.3. The summed E-state index contributed by atoms with van der Waals surface area (Å²) in [5.74, 6) is 0.674. The quantitative estimate of drug-likeness (QED) is 0.223. The summed E-state index contributed by atoms with van der Waals surface area (Å²) in [7, 11) is 0. The second kappa shape index (κ2) is 9.75. The van der Waals surface area contributed by atoms with Gasteiger partial charge in [-0.1, -0.05) is 115 Å². The Bertz CT molecular complexity index is 2700. The van der Waals surface area contributed by atoms with Gasteiger partial charge in [-0.15, -0.1) is 0 Å². The number of hydrogen-bond donors (Lipinski definition) is 1. The fourth-order valence-electron chi connectivity index (χ4n) is 7.57. The smallest absolute Gasteiger partial charge is 0.235 e. The number of hydrogen-bond acceptors (Lipinski definition) is 2. The van der Waals surface area contributed by atoms with Crippen molar-refractivity contribution in [3.8, 4) is 28.5 Å². The summed E-state index contributed by atoms with van der Waals surface area (Å²) >= 11 is 0. The highest BCUT2D eigenvalue weighted by molar-refractivity contribution is 6.25. The van der Waals surface area contributed by atoms with E-state index in [0.717, 1.165) is 51.9 Å². The van der Waals surface area contributed by atoms with Gasteiger partial charge >= 0.3 is 0 Å². The largest absolute Gasteiger partial charge is 0.354 e. The molecule has 0 saturated heterocycles. The molecular formula is C42H28N4. The van der Waals surface area contributed by atoms with E-state index in [0.29, 0.717) is 5.95 Å². The first-order valence-corrected chi connectivity index (χ1v) is 15.9. The molecule has 0 radical (unpaired) electrons. The van der Waals surface area contributed by atoms with Gasteiger partial charge < -0.3 is 4.98 Å². The number of benzene rings is 6. The van der Waals surface area contributed by atoms with Crippen LogP contribution in [0.2, 0.25) is 0 Å². The molecule has 0 atom stereocenters. The average Bonchev–Trinajstić information content (AvgIpc) is 3.67. The molecule has 0 spiro atoms. The van der Waals surface area contributed by atoms with Crippen molar-refractivity contribution in [1.82, 2.24) is 19.5 Å². The van der Waals surface area contributed by atoms with E-state index in [2.05, 4.69) is 149 Å². The zero-order chi connectivity index (χ0) is 30.2. The highest BCUT2D eigenvalue weighted by Gasteiger charge is 2.22. The van der Waals surface area contributed by atoms with Crippen LogP contribution in [0.15, 0.2) is 133 Å². The predicted octanol–water partition coefficient (Wildman–Crippen LogP) is 10.7. The van der Waals surface area contributed by atoms with Crippen LogP contribution in [0.25, 0.3) is 88.9 Å². The van der Waals surface area contributed by atoms with Crippen LogP contribution in [0.1, 0.15) is 17.5 Å².